The second-order valence-electron chi connectivity index (χ2n) is 0. The predicted octanol–water partition coefficient (Wildman–Crippen LogP) is 1.35. The van der Waals surface area contributed by atoms with Crippen LogP contribution in [0.2, 0.25) is 0 Å². The second-order valence-corrected chi connectivity index (χ2v) is 0. The topological polar surface area (TPSA) is 17.1 Å². The van der Waals surface area contributed by atoms with Crippen molar-refractivity contribution in [3.8, 4) is 0 Å². The van der Waals surface area contributed by atoms with Gasteiger partial charge in [0, 0.05) is 0 Å². The summed E-state index contributed by atoms with van der Waals surface area (Å²) in [4.78, 5) is 0. The normalized spacial score (nSPS) is 0.800. The number of hydrogen-bond donors (Lipinski definition) is 0. The van der Waals surface area contributed by atoms with Crippen molar-refractivity contribution in [2.24, 2.45) is 0 Å². The van der Waals surface area contributed by atoms with Crippen LogP contribution in [0.15, 0.2) is 0 Å². The Balaban J connectivity index is -0.00000000167. The summed E-state index contributed by atoms with van der Waals surface area (Å²) < 4.78 is 8.30. The molecule has 0 rings (SSSR count). The molecule has 0 aromatic heterocycles. The van der Waals surface area contributed by atoms with Gasteiger partial charge in [-0.3, -0.25) is 0 Å². The van der Waals surface area contributed by atoms with Gasteiger partial charge in [-0.25, -0.2) is 0 Å². The number of hydrogen-bond acceptors (Lipinski definition) is 1. The summed E-state index contributed by atoms with van der Waals surface area (Å²) in [5, 5.41) is 0. The standard InChI is InChI=1S/3HI.O.Sb/h3*1H;;. The molecular weight excluding hydrogens is 518 g/mol. The molecule has 0 unspecified atom stereocenters. The van der Waals surface area contributed by atoms with Crippen molar-refractivity contribution < 1.29 is 3.02 Å². The number of rotatable bonds is 0. The molecule has 0 heterocycles. The Morgan fingerprint density at radius 2 is 0.800 bits per heavy atom. The van der Waals surface area contributed by atoms with Crippen molar-refractivity contribution in [3.63, 3.8) is 0 Å². The van der Waals surface area contributed by atoms with E-state index in [1.54, 1.807) is 0 Å². The van der Waals surface area contributed by atoms with E-state index in [-0.39, 0.29) is 71.9 Å². The summed E-state index contributed by atoms with van der Waals surface area (Å²) in [5.74, 6) is 0. The van der Waals surface area contributed by atoms with Gasteiger partial charge in [-0.05, 0) is 0 Å². The van der Waals surface area contributed by atoms with Crippen LogP contribution < -0.4 is 0 Å². The van der Waals surface area contributed by atoms with Crippen molar-refractivity contribution in [2.75, 3.05) is 0 Å². The summed E-state index contributed by atoms with van der Waals surface area (Å²) in [6.45, 7) is 0. The van der Waals surface area contributed by atoms with Gasteiger partial charge in [0.2, 0.25) is 0 Å². The molecular formula is H3I3OSb. The zero-order chi connectivity index (χ0) is 2.00. The molecule has 0 bridgehead atoms. The zero-order valence-electron chi connectivity index (χ0n) is 2.08. The molecule has 0 saturated heterocycles. The third kappa shape index (κ3) is 20.0. The number of halogens is 3. The van der Waals surface area contributed by atoms with Crippen molar-refractivity contribution in [2.45, 2.75) is 0 Å². The van der Waals surface area contributed by atoms with Crippen LogP contribution in [0.4, 0.5) is 0 Å². The van der Waals surface area contributed by atoms with Gasteiger partial charge in [0.15, 0.2) is 0 Å². The van der Waals surface area contributed by atoms with Crippen LogP contribution in [0.25, 0.3) is 0 Å². The van der Waals surface area contributed by atoms with Crippen LogP contribution >= 0.6 is 71.9 Å². The molecule has 5 heavy (non-hydrogen) atoms. The van der Waals surface area contributed by atoms with Crippen molar-refractivity contribution >= 4 is 94.9 Å². The second kappa shape index (κ2) is 29.1. The molecule has 0 atom stereocenters. The van der Waals surface area contributed by atoms with Crippen LogP contribution in [0.1, 0.15) is 0 Å². The molecule has 0 N–H and O–H groups in total. The van der Waals surface area contributed by atoms with Crippen LogP contribution in [0.3, 0.4) is 0 Å². The Labute approximate surface area is 96.0 Å². The van der Waals surface area contributed by atoms with Gasteiger partial charge >= 0.3 is 26.0 Å². The van der Waals surface area contributed by atoms with E-state index < -0.39 is 0 Å². The van der Waals surface area contributed by atoms with E-state index in [1.807, 2.05) is 0 Å². The molecule has 0 aliphatic heterocycles. The first-order valence-corrected chi connectivity index (χ1v) is 1.22. The monoisotopic (exact) mass is 521 g/mol. The Hall–Kier alpha value is 2.81. The van der Waals surface area contributed by atoms with E-state index >= 15 is 0 Å². The average Bonchev–Trinajstić information content (AvgIpc) is 1.00. The van der Waals surface area contributed by atoms with Gasteiger partial charge < -0.3 is 0 Å². The third-order valence-corrected chi connectivity index (χ3v) is 0. The fourth-order valence-electron chi connectivity index (χ4n) is 0. The van der Waals surface area contributed by atoms with Gasteiger partial charge in [-0.15, -0.1) is 71.9 Å². The molecule has 1 radical (unpaired) electrons. The molecule has 0 aromatic carbocycles. The maximum atomic E-state index is 8.30. The predicted molar refractivity (Wildman–Crippen MR) is 52.7 cm³/mol. The summed E-state index contributed by atoms with van der Waals surface area (Å²) in [5.41, 5.74) is 0. The van der Waals surface area contributed by atoms with Gasteiger partial charge in [-0.1, -0.05) is 0 Å². The molecule has 5 heteroatoms. The summed E-state index contributed by atoms with van der Waals surface area (Å²) in [6, 6.07) is 0. The van der Waals surface area contributed by atoms with E-state index in [2.05, 4.69) is 0 Å². The molecule has 0 fully saturated rings. The Morgan fingerprint density at radius 3 is 0.800 bits per heavy atom. The fourth-order valence-corrected chi connectivity index (χ4v) is 0. The minimum atomic E-state index is 0. The van der Waals surface area contributed by atoms with Crippen molar-refractivity contribution in [1.29, 1.82) is 0 Å². The first kappa shape index (κ1) is 25.0. The summed E-state index contributed by atoms with van der Waals surface area (Å²) >= 11 is 0.500. The van der Waals surface area contributed by atoms with Crippen LogP contribution in [0, 0.1) is 0 Å². The molecule has 0 aliphatic rings. The maximum absolute atomic E-state index is 8.30. The fraction of sp³-hybridized carbons (Fsp3) is 0. The molecule has 0 amide bonds. The first-order valence-electron chi connectivity index (χ1n) is 0.183. The van der Waals surface area contributed by atoms with Crippen molar-refractivity contribution in [3.05, 3.63) is 0 Å². The molecule has 35 valence electrons. The Morgan fingerprint density at radius 1 is 0.800 bits per heavy atom. The summed E-state index contributed by atoms with van der Waals surface area (Å²) in [6.07, 6.45) is 0. The van der Waals surface area contributed by atoms with Gasteiger partial charge in [0.25, 0.3) is 0 Å². The van der Waals surface area contributed by atoms with E-state index in [0.29, 0.717) is 23.0 Å². The molecule has 1 nitrogen and oxygen atoms in total. The van der Waals surface area contributed by atoms with E-state index in [0.717, 1.165) is 0 Å². The van der Waals surface area contributed by atoms with Crippen molar-refractivity contribution in [1.82, 2.24) is 0 Å². The first-order chi connectivity index (χ1) is 1.00. The van der Waals surface area contributed by atoms with Crippen LogP contribution in [-0.2, 0) is 3.02 Å². The Kier molecular flexibility index (Phi) is 145. The molecule has 0 aliphatic carbocycles. The summed E-state index contributed by atoms with van der Waals surface area (Å²) in [7, 11) is 0. The van der Waals surface area contributed by atoms with Crippen LogP contribution in [-0.4, -0.2) is 23.0 Å². The SMILES string of the molecule is I.I.I.[O]=[Sb]. The van der Waals surface area contributed by atoms with E-state index in [4.69, 9.17) is 3.02 Å². The Bertz CT molecular complexity index is 6.85. The van der Waals surface area contributed by atoms with Crippen LogP contribution in [0.5, 0.6) is 0 Å². The van der Waals surface area contributed by atoms with Gasteiger partial charge in [0.05, 0.1) is 0 Å². The van der Waals surface area contributed by atoms with Gasteiger partial charge in [-0.2, -0.15) is 0 Å². The minimum absolute atomic E-state index is 0. The molecule has 0 saturated carbocycles. The average molecular weight is 521 g/mol. The molecule has 0 aromatic rings. The quantitative estimate of drug-likeness (QED) is 0.348. The van der Waals surface area contributed by atoms with E-state index in [9.17, 15) is 0 Å². The zero-order valence-corrected chi connectivity index (χ0v) is 11.6. The third-order valence-electron chi connectivity index (χ3n) is 0. The van der Waals surface area contributed by atoms with Gasteiger partial charge in [0.1, 0.15) is 0 Å². The van der Waals surface area contributed by atoms with E-state index in [1.165, 1.54) is 0 Å². The molecule has 0 spiro atoms.